The Kier molecular flexibility index (Phi) is 4.74. The first kappa shape index (κ1) is 16.4. The summed E-state index contributed by atoms with van der Waals surface area (Å²) in [4.78, 5) is 14.2. The van der Waals surface area contributed by atoms with Crippen LogP contribution in [0.15, 0.2) is 28.8 Å². The summed E-state index contributed by atoms with van der Waals surface area (Å²) in [5.41, 5.74) is 3.23. The van der Waals surface area contributed by atoms with Crippen LogP contribution >= 0.6 is 0 Å². The number of urea groups is 1. The van der Waals surface area contributed by atoms with Crippen LogP contribution < -0.4 is 10.1 Å². The second-order valence-corrected chi connectivity index (χ2v) is 6.30. The predicted molar refractivity (Wildman–Crippen MR) is 89.9 cm³/mol. The Morgan fingerprint density at radius 3 is 3.00 bits per heavy atom. The standard InChI is InChI=1S/C18H23N3O3/c1-12(2)16-9-14(24-20-16)10-19-18(22)21-8-7-15-13(11-21)5-4-6-17(15)23-3/h4-6,9,12H,7-8,10-11H2,1-3H3,(H,19,22). The molecule has 128 valence electrons. The molecule has 24 heavy (non-hydrogen) atoms. The van der Waals surface area contributed by atoms with Gasteiger partial charge in [-0.1, -0.05) is 31.1 Å². The minimum Gasteiger partial charge on any atom is -0.496 e. The number of amides is 2. The van der Waals surface area contributed by atoms with Gasteiger partial charge in [0.2, 0.25) is 0 Å². The largest absolute Gasteiger partial charge is 0.496 e. The summed E-state index contributed by atoms with van der Waals surface area (Å²) in [5, 5.41) is 6.90. The molecule has 1 aliphatic heterocycles. The van der Waals surface area contributed by atoms with Gasteiger partial charge in [-0.05, 0) is 24.0 Å². The van der Waals surface area contributed by atoms with Gasteiger partial charge in [0.05, 0.1) is 19.3 Å². The number of benzene rings is 1. The van der Waals surface area contributed by atoms with Gasteiger partial charge in [-0.15, -0.1) is 0 Å². The highest BCUT2D eigenvalue weighted by Gasteiger charge is 2.23. The zero-order valence-electron chi connectivity index (χ0n) is 14.3. The van der Waals surface area contributed by atoms with Crippen molar-refractivity contribution in [3.05, 3.63) is 46.8 Å². The van der Waals surface area contributed by atoms with E-state index >= 15 is 0 Å². The third-order valence-corrected chi connectivity index (χ3v) is 4.31. The number of nitrogens with one attached hydrogen (secondary N) is 1. The van der Waals surface area contributed by atoms with Crippen molar-refractivity contribution in [1.29, 1.82) is 0 Å². The number of methoxy groups -OCH3 is 1. The number of hydrogen-bond donors (Lipinski definition) is 1. The second-order valence-electron chi connectivity index (χ2n) is 6.30. The fourth-order valence-electron chi connectivity index (χ4n) is 2.90. The number of nitrogens with zero attached hydrogens (tertiary/aromatic N) is 2. The summed E-state index contributed by atoms with van der Waals surface area (Å²) in [7, 11) is 1.68. The minimum absolute atomic E-state index is 0.0917. The monoisotopic (exact) mass is 329 g/mol. The first-order chi connectivity index (χ1) is 11.6. The molecule has 2 aromatic rings. The zero-order chi connectivity index (χ0) is 17.1. The van der Waals surface area contributed by atoms with E-state index < -0.39 is 0 Å². The van der Waals surface area contributed by atoms with E-state index in [2.05, 4.69) is 24.3 Å². The Balaban J connectivity index is 1.60. The first-order valence-corrected chi connectivity index (χ1v) is 8.21. The van der Waals surface area contributed by atoms with Crippen LogP contribution in [0.4, 0.5) is 4.79 Å². The normalized spacial score (nSPS) is 13.8. The van der Waals surface area contributed by atoms with Gasteiger partial charge in [0, 0.05) is 24.7 Å². The Bertz CT molecular complexity index is 724. The molecule has 1 aliphatic rings. The summed E-state index contributed by atoms with van der Waals surface area (Å²) in [6.45, 7) is 5.72. The third kappa shape index (κ3) is 3.37. The topological polar surface area (TPSA) is 67.6 Å². The number of aromatic nitrogens is 1. The lowest BCUT2D eigenvalue weighted by Gasteiger charge is -2.29. The molecule has 0 unspecified atom stereocenters. The van der Waals surface area contributed by atoms with Gasteiger partial charge in [-0.25, -0.2) is 4.79 Å². The second kappa shape index (κ2) is 6.95. The Morgan fingerprint density at radius 1 is 1.46 bits per heavy atom. The average Bonchev–Trinajstić information content (AvgIpc) is 3.08. The molecule has 2 heterocycles. The summed E-state index contributed by atoms with van der Waals surface area (Å²) in [6.07, 6.45) is 0.798. The Labute approximate surface area is 141 Å². The molecule has 3 rings (SSSR count). The van der Waals surface area contributed by atoms with Gasteiger partial charge in [0.1, 0.15) is 5.75 Å². The highest BCUT2D eigenvalue weighted by molar-refractivity contribution is 5.74. The maximum Gasteiger partial charge on any atom is 0.318 e. The van der Waals surface area contributed by atoms with Crippen molar-refractivity contribution in [1.82, 2.24) is 15.4 Å². The Hall–Kier alpha value is -2.50. The maximum absolute atomic E-state index is 12.4. The minimum atomic E-state index is -0.0917. The fraction of sp³-hybridized carbons (Fsp3) is 0.444. The predicted octanol–water partition coefficient (Wildman–Crippen LogP) is 3.07. The van der Waals surface area contributed by atoms with Gasteiger partial charge >= 0.3 is 6.03 Å². The Morgan fingerprint density at radius 2 is 2.29 bits per heavy atom. The van der Waals surface area contributed by atoms with Crippen LogP contribution in [0.5, 0.6) is 5.75 Å². The smallest absolute Gasteiger partial charge is 0.318 e. The van der Waals surface area contributed by atoms with Gasteiger partial charge in [-0.3, -0.25) is 0 Å². The highest BCUT2D eigenvalue weighted by atomic mass is 16.5. The molecule has 0 saturated heterocycles. The van der Waals surface area contributed by atoms with Gasteiger partial charge in [-0.2, -0.15) is 0 Å². The van der Waals surface area contributed by atoms with E-state index in [4.69, 9.17) is 9.26 Å². The number of ether oxygens (including phenoxy) is 1. The molecule has 0 radical (unpaired) electrons. The third-order valence-electron chi connectivity index (χ3n) is 4.31. The van der Waals surface area contributed by atoms with Crippen molar-refractivity contribution in [2.75, 3.05) is 13.7 Å². The van der Waals surface area contributed by atoms with E-state index in [0.717, 1.165) is 23.4 Å². The molecular weight excluding hydrogens is 306 g/mol. The quantitative estimate of drug-likeness (QED) is 0.936. The fourth-order valence-corrected chi connectivity index (χ4v) is 2.90. The first-order valence-electron chi connectivity index (χ1n) is 8.21. The molecule has 0 fully saturated rings. The average molecular weight is 329 g/mol. The molecule has 6 heteroatoms. The highest BCUT2D eigenvalue weighted by Crippen LogP contribution is 2.27. The van der Waals surface area contributed by atoms with Crippen molar-refractivity contribution in [2.45, 2.75) is 39.3 Å². The van der Waals surface area contributed by atoms with Crippen molar-refractivity contribution in [3.8, 4) is 5.75 Å². The number of carbonyl (C=O) groups is 1. The van der Waals surface area contributed by atoms with Crippen LogP contribution in [0.3, 0.4) is 0 Å². The molecule has 0 aliphatic carbocycles. The molecule has 1 aromatic heterocycles. The van der Waals surface area contributed by atoms with Crippen molar-refractivity contribution < 1.29 is 14.1 Å². The van der Waals surface area contributed by atoms with Crippen molar-refractivity contribution in [3.63, 3.8) is 0 Å². The van der Waals surface area contributed by atoms with E-state index in [1.54, 1.807) is 7.11 Å². The molecule has 0 bridgehead atoms. The van der Waals surface area contributed by atoms with E-state index in [0.29, 0.717) is 31.3 Å². The van der Waals surface area contributed by atoms with Gasteiger partial charge in [0.15, 0.2) is 5.76 Å². The van der Waals surface area contributed by atoms with E-state index in [1.165, 1.54) is 5.56 Å². The number of rotatable bonds is 4. The van der Waals surface area contributed by atoms with E-state index in [9.17, 15) is 4.79 Å². The van der Waals surface area contributed by atoms with Crippen LogP contribution in [-0.2, 0) is 19.5 Å². The molecule has 2 amide bonds. The van der Waals surface area contributed by atoms with E-state index in [-0.39, 0.29) is 6.03 Å². The van der Waals surface area contributed by atoms with Crippen LogP contribution in [0.1, 0.15) is 42.3 Å². The molecular formula is C18H23N3O3. The summed E-state index contributed by atoms with van der Waals surface area (Å²) in [5.74, 6) is 1.88. The molecule has 0 spiro atoms. The molecule has 1 N–H and O–H groups in total. The summed E-state index contributed by atoms with van der Waals surface area (Å²) < 4.78 is 10.6. The van der Waals surface area contributed by atoms with Gasteiger partial charge < -0.3 is 19.5 Å². The van der Waals surface area contributed by atoms with Crippen LogP contribution in [-0.4, -0.2) is 29.7 Å². The summed E-state index contributed by atoms with van der Waals surface area (Å²) >= 11 is 0. The maximum atomic E-state index is 12.4. The van der Waals surface area contributed by atoms with Gasteiger partial charge in [0.25, 0.3) is 0 Å². The SMILES string of the molecule is COc1cccc2c1CCN(C(=O)NCc1cc(C(C)C)no1)C2. The lowest BCUT2D eigenvalue weighted by atomic mass is 9.99. The van der Waals surface area contributed by atoms with E-state index in [1.807, 2.05) is 29.2 Å². The van der Waals surface area contributed by atoms with Crippen LogP contribution in [0, 0.1) is 0 Å². The number of hydrogen-bond acceptors (Lipinski definition) is 4. The molecule has 0 saturated carbocycles. The summed E-state index contributed by atoms with van der Waals surface area (Å²) in [6, 6.07) is 7.77. The van der Waals surface area contributed by atoms with Crippen molar-refractivity contribution >= 4 is 6.03 Å². The lowest BCUT2D eigenvalue weighted by molar-refractivity contribution is 0.190. The lowest BCUT2D eigenvalue weighted by Crippen LogP contribution is -2.42. The van der Waals surface area contributed by atoms with Crippen LogP contribution in [0.25, 0.3) is 0 Å². The number of fused-ring (bicyclic) bond motifs is 1. The molecule has 1 aromatic carbocycles. The molecule has 6 nitrogen and oxygen atoms in total. The molecule has 0 atom stereocenters. The van der Waals surface area contributed by atoms with Crippen molar-refractivity contribution in [2.24, 2.45) is 0 Å². The number of carbonyl (C=O) groups excluding carboxylic acids is 1. The zero-order valence-corrected chi connectivity index (χ0v) is 14.3. The van der Waals surface area contributed by atoms with Crippen LogP contribution in [0.2, 0.25) is 0 Å².